The van der Waals surface area contributed by atoms with E-state index in [1.165, 1.54) is 77.0 Å². The number of fused-ring (bicyclic) bond motifs is 6. The van der Waals surface area contributed by atoms with Crippen molar-refractivity contribution < 1.29 is 5.11 Å². The second-order valence-corrected chi connectivity index (χ2v) is 13.0. The summed E-state index contributed by atoms with van der Waals surface area (Å²) < 4.78 is 0. The van der Waals surface area contributed by atoms with E-state index in [0.717, 1.165) is 38.5 Å². The number of hydrogen-bond donors (Lipinski definition) is 2. The molecule has 0 aromatic carbocycles. The van der Waals surface area contributed by atoms with Crippen molar-refractivity contribution in [3.63, 3.8) is 0 Å². The second-order valence-electron chi connectivity index (χ2n) is 13.0. The Morgan fingerprint density at radius 2 is 1.38 bits per heavy atom. The molecule has 32 heavy (non-hydrogen) atoms. The van der Waals surface area contributed by atoms with Crippen LogP contribution < -0.4 is 5.73 Å². The summed E-state index contributed by atoms with van der Waals surface area (Å²) in [7, 11) is 0. The zero-order valence-electron chi connectivity index (χ0n) is 22.5. The Morgan fingerprint density at radius 3 is 2.06 bits per heavy atom. The van der Waals surface area contributed by atoms with E-state index >= 15 is 0 Å². The van der Waals surface area contributed by atoms with E-state index < -0.39 is 5.60 Å². The highest BCUT2D eigenvalue weighted by atomic mass is 16.3. The van der Waals surface area contributed by atoms with E-state index in [4.69, 9.17) is 5.73 Å². The Balaban J connectivity index is 2.31. The van der Waals surface area contributed by atoms with Gasteiger partial charge < -0.3 is 10.8 Å². The standard InChI is InChI=1S/C30H57NO/c1-25-16-11-8-9-13-18-26-17-12-7-6-10-14-22-29(4,5)30(32,24-28(25,2)3)23-15-19-27(31)21-20-26/h20,25,27,32H,6-19,21-24,31H2,1-5H3/b26-20-. The lowest BCUT2D eigenvalue weighted by Crippen LogP contribution is -2.49. The monoisotopic (exact) mass is 447 g/mol. The molecule has 2 bridgehead atoms. The lowest BCUT2D eigenvalue weighted by atomic mass is 9.60. The number of rotatable bonds is 0. The third kappa shape index (κ3) is 8.79. The highest BCUT2D eigenvalue weighted by Gasteiger charge is 2.46. The third-order valence-corrected chi connectivity index (χ3v) is 9.40. The molecule has 0 aromatic rings. The topological polar surface area (TPSA) is 46.2 Å². The number of hydrogen-bond acceptors (Lipinski definition) is 2. The van der Waals surface area contributed by atoms with Crippen molar-refractivity contribution in [1.29, 1.82) is 0 Å². The zero-order chi connectivity index (χ0) is 23.7. The van der Waals surface area contributed by atoms with Gasteiger partial charge in [-0.3, -0.25) is 0 Å². The Morgan fingerprint density at radius 1 is 0.781 bits per heavy atom. The predicted octanol–water partition coefficient (Wildman–Crippen LogP) is 8.71. The lowest BCUT2D eigenvalue weighted by Gasteiger charge is -2.49. The minimum atomic E-state index is -0.615. The van der Waals surface area contributed by atoms with Crippen molar-refractivity contribution in [3.05, 3.63) is 11.6 Å². The van der Waals surface area contributed by atoms with Gasteiger partial charge in [-0.25, -0.2) is 0 Å². The van der Waals surface area contributed by atoms with E-state index in [1.54, 1.807) is 5.57 Å². The number of aliphatic hydroxyl groups is 1. The van der Waals surface area contributed by atoms with E-state index in [1.807, 2.05) is 0 Å². The summed E-state index contributed by atoms with van der Waals surface area (Å²) in [5, 5.41) is 12.3. The average Bonchev–Trinajstić information content (AvgIpc) is 2.71. The third-order valence-electron chi connectivity index (χ3n) is 9.40. The van der Waals surface area contributed by atoms with Crippen LogP contribution in [0.25, 0.3) is 0 Å². The molecule has 0 saturated carbocycles. The molecule has 0 saturated heterocycles. The van der Waals surface area contributed by atoms with Crippen molar-refractivity contribution in [3.8, 4) is 0 Å². The van der Waals surface area contributed by atoms with Crippen molar-refractivity contribution in [2.24, 2.45) is 22.5 Å². The fraction of sp³-hybridized carbons (Fsp3) is 0.933. The lowest BCUT2D eigenvalue weighted by molar-refractivity contribution is -0.114. The van der Waals surface area contributed by atoms with Crippen LogP contribution in [0.3, 0.4) is 0 Å². The Labute approximate surface area is 201 Å². The largest absolute Gasteiger partial charge is 0.389 e. The zero-order valence-corrected chi connectivity index (χ0v) is 22.5. The molecule has 0 fully saturated rings. The molecule has 0 spiro atoms. The molecule has 0 aromatic heterocycles. The van der Waals surface area contributed by atoms with Gasteiger partial charge in [0.05, 0.1) is 5.60 Å². The van der Waals surface area contributed by atoms with Crippen LogP contribution in [0.15, 0.2) is 11.6 Å². The molecule has 0 amide bonds. The number of allylic oxidation sites excluding steroid dienone is 1. The molecule has 2 aliphatic carbocycles. The molecule has 2 nitrogen and oxygen atoms in total. The summed E-state index contributed by atoms with van der Waals surface area (Å²) in [6, 6.07) is 0.230. The molecule has 0 radical (unpaired) electrons. The summed E-state index contributed by atoms with van der Waals surface area (Å²) in [5.74, 6) is 0.639. The van der Waals surface area contributed by atoms with E-state index in [2.05, 4.69) is 40.7 Å². The predicted molar refractivity (Wildman–Crippen MR) is 141 cm³/mol. The molecule has 0 aliphatic heterocycles. The Bertz CT molecular complexity index is 563. The van der Waals surface area contributed by atoms with Gasteiger partial charge >= 0.3 is 0 Å². The SMILES string of the molecule is CC1CCCCCC/C2=C\CC(N)CCCC(O)(CC1(C)C)C(C)(C)CCCCCCC2. The van der Waals surface area contributed by atoms with E-state index in [0.29, 0.717) is 5.92 Å². The summed E-state index contributed by atoms with van der Waals surface area (Å²) >= 11 is 0. The van der Waals surface area contributed by atoms with Gasteiger partial charge in [-0.05, 0) is 81.0 Å². The van der Waals surface area contributed by atoms with Gasteiger partial charge in [0.25, 0.3) is 0 Å². The Kier molecular flexibility index (Phi) is 11.3. The van der Waals surface area contributed by atoms with Gasteiger partial charge in [0, 0.05) is 6.04 Å². The minimum absolute atomic E-state index is 0.0544. The molecular formula is C30H57NO. The summed E-state index contributed by atoms with van der Waals surface area (Å²) in [5.41, 5.74) is 7.73. The molecule has 3 unspecified atom stereocenters. The molecule has 0 heterocycles. The molecule has 2 rings (SSSR count). The van der Waals surface area contributed by atoms with E-state index in [-0.39, 0.29) is 16.9 Å². The maximum absolute atomic E-state index is 12.3. The molecule has 2 heteroatoms. The van der Waals surface area contributed by atoms with Crippen LogP contribution >= 0.6 is 0 Å². The van der Waals surface area contributed by atoms with Crippen LogP contribution in [0.2, 0.25) is 0 Å². The van der Waals surface area contributed by atoms with Crippen molar-refractivity contribution >= 4 is 0 Å². The summed E-state index contributed by atoms with van der Waals surface area (Å²) in [4.78, 5) is 0. The van der Waals surface area contributed by atoms with Crippen LogP contribution in [0, 0.1) is 16.7 Å². The first-order valence-electron chi connectivity index (χ1n) is 14.2. The quantitative estimate of drug-likeness (QED) is 0.365. The van der Waals surface area contributed by atoms with Crippen LogP contribution in [-0.2, 0) is 0 Å². The molecule has 3 atom stereocenters. The summed E-state index contributed by atoms with van der Waals surface area (Å²) in [6.07, 6.45) is 24.3. The Hall–Kier alpha value is -0.340. The van der Waals surface area contributed by atoms with Crippen molar-refractivity contribution in [2.75, 3.05) is 0 Å². The van der Waals surface area contributed by atoms with Crippen LogP contribution in [-0.4, -0.2) is 16.7 Å². The first-order valence-corrected chi connectivity index (χ1v) is 14.2. The highest BCUT2D eigenvalue weighted by molar-refractivity contribution is 5.04. The number of nitrogens with two attached hydrogens (primary N) is 1. The van der Waals surface area contributed by atoms with Gasteiger partial charge in [-0.2, -0.15) is 0 Å². The maximum Gasteiger partial charge on any atom is 0.0703 e. The van der Waals surface area contributed by atoms with Crippen LogP contribution in [0.5, 0.6) is 0 Å². The molecule has 3 N–H and O–H groups in total. The summed E-state index contributed by atoms with van der Waals surface area (Å²) in [6.45, 7) is 11.9. The van der Waals surface area contributed by atoms with Crippen LogP contribution in [0.4, 0.5) is 0 Å². The first-order chi connectivity index (χ1) is 15.1. The first kappa shape index (κ1) is 27.9. The van der Waals surface area contributed by atoms with E-state index in [9.17, 15) is 5.11 Å². The minimum Gasteiger partial charge on any atom is -0.389 e. The maximum atomic E-state index is 12.3. The van der Waals surface area contributed by atoms with Gasteiger partial charge in [0.2, 0.25) is 0 Å². The fourth-order valence-corrected chi connectivity index (χ4v) is 6.24. The van der Waals surface area contributed by atoms with Gasteiger partial charge in [0.15, 0.2) is 0 Å². The van der Waals surface area contributed by atoms with Gasteiger partial charge in [0.1, 0.15) is 0 Å². The normalized spacial score (nSPS) is 36.2. The molecular weight excluding hydrogens is 390 g/mol. The average molecular weight is 448 g/mol. The second kappa shape index (κ2) is 12.9. The fourth-order valence-electron chi connectivity index (χ4n) is 6.24. The van der Waals surface area contributed by atoms with Crippen molar-refractivity contribution in [2.45, 2.75) is 162 Å². The van der Waals surface area contributed by atoms with Crippen molar-refractivity contribution in [1.82, 2.24) is 0 Å². The highest BCUT2D eigenvalue weighted by Crippen LogP contribution is 2.49. The molecule has 188 valence electrons. The van der Waals surface area contributed by atoms with Gasteiger partial charge in [-0.1, -0.05) is 97.6 Å². The van der Waals surface area contributed by atoms with Gasteiger partial charge in [-0.15, -0.1) is 0 Å². The van der Waals surface area contributed by atoms with Crippen LogP contribution in [0.1, 0.15) is 150 Å². The smallest absolute Gasteiger partial charge is 0.0703 e. The molecule has 2 aliphatic rings.